The summed E-state index contributed by atoms with van der Waals surface area (Å²) in [7, 11) is -3.58. The highest BCUT2D eigenvalue weighted by atomic mass is 32.2. The molecule has 1 fully saturated rings. The Kier molecular flexibility index (Phi) is 5.52. The van der Waals surface area contributed by atoms with Crippen molar-refractivity contribution < 1.29 is 18.0 Å². The Morgan fingerprint density at radius 2 is 1.77 bits per heavy atom. The van der Waals surface area contributed by atoms with Gasteiger partial charge >= 0.3 is 0 Å². The smallest absolute Gasteiger partial charge is 0.254 e. The second-order valence-electron chi connectivity index (χ2n) is 8.21. The highest BCUT2D eigenvalue weighted by Crippen LogP contribution is 2.36. The minimum absolute atomic E-state index is 0.0225. The Bertz CT molecular complexity index is 803. The predicted molar refractivity (Wildman–Crippen MR) is 100 cm³/mol. The number of amides is 2. The van der Waals surface area contributed by atoms with Gasteiger partial charge in [0, 0.05) is 23.1 Å². The minimum atomic E-state index is -3.58. The van der Waals surface area contributed by atoms with E-state index in [1.54, 1.807) is 17.0 Å². The predicted octanol–water partition coefficient (Wildman–Crippen LogP) is 2.37. The van der Waals surface area contributed by atoms with E-state index in [-0.39, 0.29) is 41.1 Å². The van der Waals surface area contributed by atoms with Crippen molar-refractivity contribution >= 4 is 21.7 Å². The molecular formula is C19H28N2O4S. The monoisotopic (exact) mass is 380 g/mol. The Morgan fingerprint density at radius 1 is 1.19 bits per heavy atom. The van der Waals surface area contributed by atoms with Crippen molar-refractivity contribution in [2.24, 2.45) is 11.7 Å². The van der Waals surface area contributed by atoms with Crippen molar-refractivity contribution in [3.63, 3.8) is 0 Å². The summed E-state index contributed by atoms with van der Waals surface area (Å²) in [5.41, 5.74) is 5.19. The molecule has 0 radical (unpaired) electrons. The number of hydrogen-bond acceptors (Lipinski definition) is 4. The maximum atomic E-state index is 13.0. The van der Waals surface area contributed by atoms with Crippen molar-refractivity contribution in [1.82, 2.24) is 4.90 Å². The van der Waals surface area contributed by atoms with Crippen LogP contribution in [0.2, 0.25) is 0 Å². The third-order valence-corrected chi connectivity index (χ3v) is 6.98. The highest BCUT2D eigenvalue weighted by Gasteiger charge is 2.42. The fraction of sp³-hybridized carbons (Fsp3) is 0.579. The van der Waals surface area contributed by atoms with E-state index in [2.05, 4.69) is 0 Å². The van der Waals surface area contributed by atoms with Crippen LogP contribution in [0.1, 0.15) is 57.8 Å². The number of carbonyl (C=O) groups is 2. The van der Waals surface area contributed by atoms with E-state index in [0.29, 0.717) is 5.56 Å². The molecule has 7 heteroatoms. The molecule has 0 bridgehead atoms. The average molecular weight is 381 g/mol. The van der Waals surface area contributed by atoms with Gasteiger partial charge in [0.25, 0.3) is 5.91 Å². The molecule has 1 aliphatic rings. The first-order chi connectivity index (χ1) is 11.9. The molecule has 0 aromatic heterocycles. The molecule has 26 heavy (non-hydrogen) atoms. The summed E-state index contributed by atoms with van der Waals surface area (Å²) in [6, 6.07) is 6.14. The third kappa shape index (κ3) is 3.92. The average Bonchev–Trinajstić information content (AvgIpc) is 2.43. The lowest BCUT2D eigenvalue weighted by atomic mass is 9.84. The number of sulfone groups is 1. The molecule has 2 N–H and O–H groups in total. The van der Waals surface area contributed by atoms with Gasteiger partial charge in [0.2, 0.25) is 5.91 Å². The summed E-state index contributed by atoms with van der Waals surface area (Å²) in [6.45, 7) is 9.71. The number of hydrogen-bond donors (Lipinski definition) is 1. The van der Waals surface area contributed by atoms with Gasteiger partial charge in [-0.1, -0.05) is 6.07 Å². The normalized spacial score (nSPS) is 20.5. The first kappa shape index (κ1) is 20.4. The maximum Gasteiger partial charge on any atom is 0.254 e. The molecule has 1 aliphatic carbocycles. The first-order valence-electron chi connectivity index (χ1n) is 8.82. The van der Waals surface area contributed by atoms with E-state index >= 15 is 0 Å². The largest absolute Gasteiger partial charge is 0.369 e. The van der Waals surface area contributed by atoms with Gasteiger partial charge in [-0.05, 0) is 65.7 Å². The van der Waals surface area contributed by atoms with Gasteiger partial charge in [-0.25, -0.2) is 8.42 Å². The molecule has 0 atom stereocenters. The lowest BCUT2D eigenvalue weighted by molar-refractivity contribution is -0.123. The summed E-state index contributed by atoms with van der Waals surface area (Å²) in [6.07, 6.45) is 0.492. The van der Waals surface area contributed by atoms with Crippen molar-refractivity contribution in [1.29, 1.82) is 0 Å². The van der Waals surface area contributed by atoms with Gasteiger partial charge in [-0.3, -0.25) is 9.59 Å². The van der Waals surface area contributed by atoms with Crippen LogP contribution in [-0.2, 0) is 14.6 Å². The number of carbonyl (C=O) groups excluding carboxylic acids is 2. The number of nitrogens with two attached hydrogens (primary N) is 1. The fourth-order valence-electron chi connectivity index (χ4n) is 3.50. The maximum absolute atomic E-state index is 13.0. The molecule has 0 heterocycles. The molecule has 0 aliphatic heterocycles. The molecule has 2 amide bonds. The Balaban J connectivity index is 2.30. The minimum Gasteiger partial charge on any atom is -0.369 e. The Morgan fingerprint density at radius 3 is 2.23 bits per heavy atom. The standard InChI is InChI=1S/C19H28N2O4S/c1-12(2)21(19(3,4)5)18(23)13-7-6-8-15(9-13)26(24,25)16-10-14(11-16)17(20)22/h6-9,12,14,16H,10-11H2,1-5H3,(H2,20,22). The number of benzene rings is 1. The van der Waals surface area contributed by atoms with E-state index in [1.807, 2.05) is 34.6 Å². The van der Waals surface area contributed by atoms with Crippen LogP contribution in [0.3, 0.4) is 0 Å². The van der Waals surface area contributed by atoms with Crippen LogP contribution in [0.15, 0.2) is 29.2 Å². The number of primary amides is 1. The van der Waals surface area contributed by atoms with Gasteiger partial charge in [0.1, 0.15) is 0 Å². The lowest BCUT2D eigenvalue weighted by Crippen LogP contribution is -2.49. The van der Waals surface area contributed by atoms with E-state index in [1.165, 1.54) is 12.1 Å². The van der Waals surface area contributed by atoms with Gasteiger partial charge in [0.05, 0.1) is 10.1 Å². The van der Waals surface area contributed by atoms with Crippen LogP contribution >= 0.6 is 0 Å². The Labute approximate surface area is 155 Å². The van der Waals surface area contributed by atoms with E-state index < -0.39 is 21.0 Å². The number of rotatable bonds is 5. The molecule has 0 unspecified atom stereocenters. The van der Waals surface area contributed by atoms with Crippen molar-refractivity contribution in [3.05, 3.63) is 29.8 Å². The van der Waals surface area contributed by atoms with E-state index in [0.717, 1.165) is 0 Å². The van der Waals surface area contributed by atoms with Crippen LogP contribution < -0.4 is 5.73 Å². The molecule has 6 nitrogen and oxygen atoms in total. The summed E-state index contributed by atoms with van der Waals surface area (Å²) in [4.78, 5) is 26.0. The zero-order chi connectivity index (χ0) is 19.9. The summed E-state index contributed by atoms with van der Waals surface area (Å²) in [5, 5.41) is -0.617. The van der Waals surface area contributed by atoms with Gasteiger partial charge in [-0.15, -0.1) is 0 Å². The molecular weight excluding hydrogens is 352 g/mol. The zero-order valence-corrected chi connectivity index (χ0v) is 16.8. The van der Waals surface area contributed by atoms with Crippen LogP contribution in [-0.4, -0.2) is 42.0 Å². The van der Waals surface area contributed by atoms with Crippen molar-refractivity contribution in [2.75, 3.05) is 0 Å². The molecule has 1 saturated carbocycles. The molecule has 1 aromatic rings. The van der Waals surface area contributed by atoms with Crippen LogP contribution in [0, 0.1) is 5.92 Å². The third-order valence-electron chi connectivity index (χ3n) is 4.80. The van der Waals surface area contributed by atoms with Crippen LogP contribution in [0.4, 0.5) is 0 Å². The summed E-state index contributed by atoms with van der Waals surface area (Å²) >= 11 is 0. The molecule has 1 aromatic carbocycles. The lowest BCUT2D eigenvalue weighted by Gasteiger charge is -2.39. The molecule has 2 rings (SSSR count). The van der Waals surface area contributed by atoms with Crippen molar-refractivity contribution in [2.45, 2.75) is 69.2 Å². The zero-order valence-electron chi connectivity index (χ0n) is 16.0. The van der Waals surface area contributed by atoms with Gasteiger partial charge in [-0.2, -0.15) is 0 Å². The highest BCUT2D eigenvalue weighted by molar-refractivity contribution is 7.92. The molecule has 144 valence electrons. The molecule has 0 spiro atoms. The van der Waals surface area contributed by atoms with Crippen molar-refractivity contribution in [3.8, 4) is 0 Å². The van der Waals surface area contributed by atoms with Crippen LogP contribution in [0.5, 0.6) is 0 Å². The van der Waals surface area contributed by atoms with E-state index in [9.17, 15) is 18.0 Å². The second-order valence-corrected chi connectivity index (χ2v) is 10.4. The summed E-state index contributed by atoms with van der Waals surface area (Å²) in [5.74, 6) is -1.04. The van der Waals surface area contributed by atoms with Gasteiger partial charge in [0.15, 0.2) is 9.84 Å². The quantitative estimate of drug-likeness (QED) is 0.848. The summed E-state index contributed by atoms with van der Waals surface area (Å²) < 4.78 is 25.6. The van der Waals surface area contributed by atoms with Crippen LogP contribution in [0.25, 0.3) is 0 Å². The fourth-order valence-corrected chi connectivity index (χ4v) is 5.42. The SMILES string of the molecule is CC(C)N(C(=O)c1cccc(S(=O)(=O)C2CC(C(N)=O)C2)c1)C(C)(C)C. The topological polar surface area (TPSA) is 97.5 Å². The molecule has 0 saturated heterocycles. The Hall–Kier alpha value is -1.89. The first-order valence-corrected chi connectivity index (χ1v) is 10.4. The number of nitrogens with zero attached hydrogens (tertiary/aromatic N) is 1. The second kappa shape index (κ2) is 7.02. The van der Waals surface area contributed by atoms with Gasteiger partial charge < -0.3 is 10.6 Å². The van der Waals surface area contributed by atoms with E-state index in [4.69, 9.17) is 5.73 Å².